The Kier molecular flexibility index (Phi) is 4.48. The van der Waals surface area contributed by atoms with Crippen molar-refractivity contribution in [2.75, 3.05) is 13.1 Å². The summed E-state index contributed by atoms with van der Waals surface area (Å²) in [5.41, 5.74) is 2.73. The van der Waals surface area contributed by atoms with Crippen LogP contribution in [-0.4, -0.2) is 29.1 Å². The van der Waals surface area contributed by atoms with Gasteiger partial charge in [0.15, 0.2) is 11.5 Å². The molecule has 24 heavy (non-hydrogen) atoms. The van der Waals surface area contributed by atoms with Crippen LogP contribution in [0.3, 0.4) is 0 Å². The number of hydrogen-bond acceptors (Lipinski definition) is 3. The predicted molar refractivity (Wildman–Crippen MR) is 94.9 cm³/mol. The van der Waals surface area contributed by atoms with Crippen molar-refractivity contribution < 1.29 is 9.32 Å². The molecule has 1 atom stereocenters. The molecule has 0 spiro atoms. The zero-order chi connectivity index (χ0) is 17.3. The van der Waals surface area contributed by atoms with Gasteiger partial charge in [0.05, 0.1) is 0 Å². The number of carbonyl (C=O) groups is 1. The fourth-order valence-electron chi connectivity index (χ4n) is 3.18. The molecular formula is C20H26N2O2. The quantitative estimate of drug-likeness (QED) is 0.815. The fraction of sp³-hybridized carbons (Fsp3) is 0.500. The lowest BCUT2D eigenvalue weighted by molar-refractivity contribution is 0.0672. The summed E-state index contributed by atoms with van der Waals surface area (Å²) in [4.78, 5) is 14.5. The maximum atomic E-state index is 12.6. The molecular weight excluding hydrogens is 300 g/mol. The maximum Gasteiger partial charge on any atom is 0.276 e. The van der Waals surface area contributed by atoms with Crippen LogP contribution in [0, 0.1) is 5.92 Å². The molecule has 1 amide bonds. The molecule has 0 radical (unpaired) electrons. The molecule has 4 heteroatoms. The van der Waals surface area contributed by atoms with Gasteiger partial charge in [0.2, 0.25) is 0 Å². The van der Waals surface area contributed by atoms with Gasteiger partial charge in [0, 0.05) is 24.7 Å². The predicted octanol–water partition coefficient (Wildman–Crippen LogP) is 4.51. The third-order valence-electron chi connectivity index (χ3n) is 4.71. The molecule has 1 aliphatic rings. The maximum absolute atomic E-state index is 12.6. The molecule has 0 aliphatic carbocycles. The second-order valence-electron chi connectivity index (χ2n) is 7.90. The van der Waals surface area contributed by atoms with Crippen molar-refractivity contribution >= 4 is 5.91 Å². The number of hydrogen-bond donors (Lipinski definition) is 0. The number of aromatic nitrogens is 1. The molecule has 1 fully saturated rings. The standard InChI is InChI=1S/C20H26N2O2/c1-14-6-5-11-22(13-14)19(23)17-12-18(24-21-17)15-7-9-16(10-8-15)20(2,3)4/h7-10,12,14H,5-6,11,13H2,1-4H3. The van der Waals surface area contributed by atoms with Crippen molar-refractivity contribution in [3.63, 3.8) is 0 Å². The molecule has 1 saturated heterocycles. The summed E-state index contributed by atoms with van der Waals surface area (Å²) < 4.78 is 5.42. The minimum Gasteiger partial charge on any atom is -0.355 e. The Bertz CT molecular complexity index is 710. The first-order valence-corrected chi connectivity index (χ1v) is 8.71. The highest BCUT2D eigenvalue weighted by molar-refractivity contribution is 5.93. The Morgan fingerprint density at radius 3 is 2.58 bits per heavy atom. The monoisotopic (exact) mass is 326 g/mol. The number of nitrogens with zero attached hydrogens (tertiary/aromatic N) is 2. The molecule has 2 heterocycles. The van der Waals surface area contributed by atoms with E-state index in [1.807, 2.05) is 17.0 Å². The highest BCUT2D eigenvalue weighted by Gasteiger charge is 2.24. The van der Waals surface area contributed by atoms with Gasteiger partial charge in [-0.1, -0.05) is 57.1 Å². The van der Waals surface area contributed by atoms with E-state index in [9.17, 15) is 4.79 Å². The van der Waals surface area contributed by atoms with Crippen molar-refractivity contribution in [2.24, 2.45) is 5.92 Å². The largest absolute Gasteiger partial charge is 0.355 e. The summed E-state index contributed by atoms with van der Waals surface area (Å²) in [5, 5.41) is 4.00. The Morgan fingerprint density at radius 1 is 1.25 bits per heavy atom. The van der Waals surface area contributed by atoms with E-state index in [-0.39, 0.29) is 11.3 Å². The normalized spacial score (nSPS) is 18.7. The molecule has 2 aromatic rings. The first-order chi connectivity index (χ1) is 11.3. The van der Waals surface area contributed by atoms with Crippen molar-refractivity contribution in [1.29, 1.82) is 0 Å². The fourth-order valence-corrected chi connectivity index (χ4v) is 3.18. The van der Waals surface area contributed by atoms with Gasteiger partial charge in [-0.2, -0.15) is 0 Å². The van der Waals surface area contributed by atoms with Gasteiger partial charge in [-0.3, -0.25) is 4.79 Å². The average molecular weight is 326 g/mol. The Hall–Kier alpha value is -2.10. The summed E-state index contributed by atoms with van der Waals surface area (Å²) in [6.45, 7) is 10.4. The molecule has 1 aromatic carbocycles. The van der Waals surface area contributed by atoms with Crippen LogP contribution in [0.4, 0.5) is 0 Å². The van der Waals surface area contributed by atoms with Crippen molar-refractivity contribution in [3.05, 3.63) is 41.6 Å². The van der Waals surface area contributed by atoms with Gasteiger partial charge in [0.25, 0.3) is 5.91 Å². The molecule has 4 nitrogen and oxygen atoms in total. The van der Waals surface area contributed by atoms with E-state index < -0.39 is 0 Å². The van der Waals surface area contributed by atoms with Crippen LogP contribution in [0.5, 0.6) is 0 Å². The van der Waals surface area contributed by atoms with Crippen molar-refractivity contribution in [1.82, 2.24) is 10.1 Å². The van der Waals surface area contributed by atoms with Crippen LogP contribution in [-0.2, 0) is 5.41 Å². The lowest BCUT2D eigenvalue weighted by Gasteiger charge is -2.30. The summed E-state index contributed by atoms with van der Waals surface area (Å²) in [5.74, 6) is 1.17. The minimum absolute atomic E-state index is 0.0251. The van der Waals surface area contributed by atoms with Crippen LogP contribution in [0.15, 0.2) is 34.9 Å². The van der Waals surface area contributed by atoms with E-state index in [4.69, 9.17) is 4.52 Å². The molecule has 1 unspecified atom stereocenters. The van der Waals surface area contributed by atoms with E-state index in [0.717, 1.165) is 25.1 Å². The van der Waals surface area contributed by atoms with E-state index in [0.29, 0.717) is 17.4 Å². The molecule has 128 valence electrons. The second kappa shape index (κ2) is 6.42. The van der Waals surface area contributed by atoms with Gasteiger partial charge in [0.1, 0.15) is 0 Å². The van der Waals surface area contributed by atoms with Crippen LogP contribution in [0.25, 0.3) is 11.3 Å². The lowest BCUT2D eigenvalue weighted by Crippen LogP contribution is -2.39. The van der Waals surface area contributed by atoms with Gasteiger partial charge in [-0.25, -0.2) is 0 Å². The molecule has 0 bridgehead atoms. The molecule has 3 rings (SSSR count). The average Bonchev–Trinajstić information content (AvgIpc) is 3.03. The molecule has 1 aliphatic heterocycles. The van der Waals surface area contributed by atoms with Gasteiger partial charge in [-0.15, -0.1) is 0 Å². The molecule has 0 saturated carbocycles. The van der Waals surface area contributed by atoms with Gasteiger partial charge in [-0.05, 0) is 29.7 Å². The minimum atomic E-state index is -0.0251. The first-order valence-electron chi connectivity index (χ1n) is 8.71. The summed E-state index contributed by atoms with van der Waals surface area (Å²) in [6, 6.07) is 10.0. The first kappa shape index (κ1) is 16.7. The Labute approximate surface area is 143 Å². The van der Waals surface area contributed by atoms with Crippen molar-refractivity contribution in [3.8, 4) is 11.3 Å². The number of carbonyl (C=O) groups excluding carboxylic acids is 1. The second-order valence-corrected chi connectivity index (χ2v) is 7.90. The smallest absolute Gasteiger partial charge is 0.276 e. The number of amides is 1. The SMILES string of the molecule is CC1CCCN(C(=O)c2cc(-c3ccc(C(C)(C)C)cc3)on2)C1. The van der Waals surface area contributed by atoms with E-state index in [1.165, 1.54) is 12.0 Å². The third kappa shape index (κ3) is 3.53. The van der Waals surface area contributed by atoms with Crippen LogP contribution in [0.1, 0.15) is 56.6 Å². The van der Waals surface area contributed by atoms with Crippen LogP contribution in [0.2, 0.25) is 0 Å². The van der Waals surface area contributed by atoms with E-state index in [1.54, 1.807) is 6.07 Å². The highest BCUT2D eigenvalue weighted by atomic mass is 16.5. The van der Waals surface area contributed by atoms with Crippen LogP contribution >= 0.6 is 0 Å². The summed E-state index contributed by atoms with van der Waals surface area (Å²) in [7, 11) is 0. The summed E-state index contributed by atoms with van der Waals surface area (Å²) >= 11 is 0. The van der Waals surface area contributed by atoms with Gasteiger partial charge >= 0.3 is 0 Å². The molecule has 1 aromatic heterocycles. The number of benzene rings is 1. The Balaban J connectivity index is 1.76. The topological polar surface area (TPSA) is 46.3 Å². The van der Waals surface area contributed by atoms with Crippen LogP contribution < -0.4 is 0 Å². The van der Waals surface area contributed by atoms with E-state index in [2.05, 4.69) is 45.0 Å². The zero-order valence-electron chi connectivity index (χ0n) is 15.0. The van der Waals surface area contributed by atoms with Crippen molar-refractivity contribution in [2.45, 2.75) is 46.0 Å². The van der Waals surface area contributed by atoms with Gasteiger partial charge < -0.3 is 9.42 Å². The Morgan fingerprint density at radius 2 is 1.96 bits per heavy atom. The lowest BCUT2D eigenvalue weighted by atomic mass is 9.86. The number of piperidine rings is 1. The van der Waals surface area contributed by atoms with E-state index >= 15 is 0 Å². The summed E-state index contributed by atoms with van der Waals surface area (Å²) in [6.07, 6.45) is 2.25. The third-order valence-corrected chi connectivity index (χ3v) is 4.71. The zero-order valence-corrected chi connectivity index (χ0v) is 15.0. The number of likely N-dealkylation sites (tertiary alicyclic amines) is 1. The number of rotatable bonds is 2. The highest BCUT2D eigenvalue weighted by Crippen LogP contribution is 2.27. The molecule has 0 N–H and O–H groups in total.